The van der Waals surface area contributed by atoms with Gasteiger partial charge in [-0.05, 0) is 60.1 Å². The van der Waals surface area contributed by atoms with Crippen molar-refractivity contribution in [3.63, 3.8) is 0 Å². The van der Waals surface area contributed by atoms with E-state index in [2.05, 4.69) is 18.2 Å². The van der Waals surface area contributed by atoms with E-state index >= 15 is 0 Å². The normalized spacial score (nSPS) is 18.6. The summed E-state index contributed by atoms with van der Waals surface area (Å²) in [5, 5.41) is 10.3. The molecule has 0 bridgehead atoms. The molecular weight excluding hydrogens is 239 g/mol. The smallest absolute Gasteiger partial charge is 0.123 e. The van der Waals surface area contributed by atoms with Crippen molar-refractivity contribution in [2.24, 2.45) is 0 Å². The first-order valence-electron chi connectivity index (χ1n) is 6.67. The zero-order chi connectivity index (χ0) is 13.4. The average Bonchev–Trinajstić information content (AvgIpc) is 2.35. The highest BCUT2D eigenvalue weighted by atomic mass is 19.1. The minimum Gasteiger partial charge on any atom is -0.388 e. The Morgan fingerprint density at radius 1 is 1.26 bits per heavy atom. The summed E-state index contributed by atoms with van der Waals surface area (Å²) >= 11 is 0. The van der Waals surface area contributed by atoms with Gasteiger partial charge in [0.2, 0.25) is 0 Å². The maximum Gasteiger partial charge on any atom is 0.123 e. The van der Waals surface area contributed by atoms with Gasteiger partial charge in [0.15, 0.2) is 0 Å². The van der Waals surface area contributed by atoms with Gasteiger partial charge in [0, 0.05) is 0 Å². The Hall–Kier alpha value is -1.67. The predicted molar refractivity (Wildman–Crippen MR) is 73.6 cm³/mol. The number of rotatable bonds is 3. The van der Waals surface area contributed by atoms with E-state index in [1.54, 1.807) is 6.07 Å². The van der Waals surface area contributed by atoms with E-state index in [1.165, 1.54) is 23.3 Å². The Morgan fingerprint density at radius 3 is 2.79 bits per heavy atom. The molecule has 0 heterocycles. The average molecular weight is 256 g/mol. The van der Waals surface area contributed by atoms with E-state index in [0.29, 0.717) is 12.3 Å². The van der Waals surface area contributed by atoms with E-state index in [1.807, 2.05) is 13.0 Å². The molecule has 0 aliphatic heterocycles. The first kappa shape index (κ1) is 12.4. The zero-order valence-corrected chi connectivity index (χ0v) is 10.9. The molecule has 2 unspecified atom stereocenters. The molecule has 0 saturated carbocycles. The van der Waals surface area contributed by atoms with Gasteiger partial charge >= 0.3 is 0 Å². The standard InChI is InChI=1S/C17H17FO/c1-11-8-14(18)6-7-15(11)17(19)10-13-9-12-4-2-3-5-16(12)13/h2-8,13,17,19H,9-10H2,1H3. The maximum absolute atomic E-state index is 13.1. The van der Waals surface area contributed by atoms with Gasteiger partial charge in [-0.15, -0.1) is 0 Å². The second-order valence-electron chi connectivity index (χ2n) is 5.35. The van der Waals surface area contributed by atoms with Crippen LogP contribution in [-0.2, 0) is 6.42 Å². The number of fused-ring (bicyclic) bond motifs is 1. The fraction of sp³-hybridized carbons (Fsp3) is 0.294. The lowest BCUT2D eigenvalue weighted by Gasteiger charge is -2.32. The molecule has 1 aliphatic rings. The Morgan fingerprint density at radius 2 is 2.05 bits per heavy atom. The summed E-state index contributed by atoms with van der Waals surface area (Å²) in [4.78, 5) is 0. The molecule has 1 nitrogen and oxygen atoms in total. The molecule has 98 valence electrons. The molecule has 19 heavy (non-hydrogen) atoms. The number of aliphatic hydroxyl groups excluding tert-OH is 1. The van der Waals surface area contributed by atoms with Crippen LogP contribution in [0.25, 0.3) is 0 Å². The van der Waals surface area contributed by atoms with Gasteiger partial charge in [-0.25, -0.2) is 4.39 Å². The van der Waals surface area contributed by atoms with Crippen molar-refractivity contribution in [2.75, 3.05) is 0 Å². The summed E-state index contributed by atoms with van der Waals surface area (Å²) in [7, 11) is 0. The molecule has 0 aromatic heterocycles. The molecule has 0 amide bonds. The SMILES string of the molecule is Cc1cc(F)ccc1C(O)CC1Cc2ccccc21. The zero-order valence-electron chi connectivity index (χ0n) is 10.9. The van der Waals surface area contributed by atoms with Gasteiger partial charge in [-0.3, -0.25) is 0 Å². The van der Waals surface area contributed by atoms with Crippen molar-refractivity contribution >= 4 is 0 Å². The third-order valence-corrected chi connectivity index (χ3v) is 4.06. The monoisotopic (exact) mass is 256 g/mol. The summed E-state index contributed by atoms with van der Waals surface area (Å²) in [5.41, 5.74) is 4.39. The van der Waals surface area contributed by atoms with Crippen molar-refractivity contribution in [1.29, 1.82) is 0 Å². The number of benzene rings is 2. The van der Waals surface area contributed by atoms with Crippen LogP contribution in [0.4, 0.5) is 4.39 Å². The third-order valence-electron chi connectivity index (χ3n) is 4.06. The first-order valence-corrected chi connectivity index (χ1v) is 6.67. The third kappa shape index (κ3) is 2.28. The molecule has 0 fully saturated rings. The molecule has 0 spiro atoms. The van der Waals surface area contributed by atoms with Gasteiger partial charge in [0.25, 0.3) is 0 Å². The molecule has 2 atom stereocenters. The molecule has 0 radical (unpaired) electrons. The Bertz CT molecular complexity index is 606. The van der Waals surface area contributed by atoms with Gasteiger partial charge < -0.3 is 5.11 Å². The number of aliphatic hydroxyl groups is 1. The van der Waals surface area contributed by atoms with Crippen molar-refractivity contribution in [1.82, 2.24) is 0 Å². The summed E-state index contributed by atoms with van der Waals surface area (Å²) < 4.78 is 13.1. The Balaban J connectivity index is 1.75. The van der Waals surface area contributed by atoms with Crippen LogP contribution < -0.4 is 0 Å². The van der Waals surface area contributed by atoms with Crippen LogP contribution in [0.1, 0.15) is 40.7 Å². The highest BCUT2D eigenvalue weighted by molar-refractivity contribution is 5.40. The molecular formula is C17H17FO. The fourth-order valence-corrected chi connectivity index (χ4v) is 2.98. The fourth-order valence-electron chi connectivity index (χ4n) is 2.98. The Labute approximate surface area is 112 Å². The van der Waals surface area contributed by atoms with E-state index in [9.17, 15) is 9.50 Å². The first-order chi connectivity index (χ1) is 9.15. The minimum atomic E-state index is -0.515. The highest BCUT2D eigenvalue weighted by Crippen LogP contribution is 2.41. The van der Waals surface area contributed by atoms with E-state index in [-0.39, 0.29) is 5.82 Å². The summed E-state index contributed by atoms with van der Waals surface area (Å²) in [5.74, 6) is 0.179. The lowest BCUT2D eigenvalue weighted by atomic mass is 9.74. The topological polar surface area (TPSA) is 20.2 Å². The lowest BCUT2D eigenvalue weighted by Crippen LogP contribution is -2.19. The molecule has 2 aromatic carbocycles. The molecule has 2 heteroatoms. The van der Waals surface area contributed by atoms with Crippen LogP contribution in [0.2, 0.25) is 0 Å². The molecule has 0 saturated heterocycles. The van der Waals surface area contributed by atoms with Crippen LogP contribution in [0.3, 0.4) is 0 Å². The maximum atomic E-state index is 13.1. The van der Waals surface area contributed by atoms with E-state index in [4.69, 9.17) is 0 Å². The number of halogens is 1. The van der Waals surface area contributed by atoms with Crippen LogP contribution in [0.15, 0.2) is 42.5 Å². The summed E-state index contributed by atoms with van der Waals surface area (Å²) in [6, 6.07) is 13.0. The highest BCUT2D eigenvalue weighted by Gasteiger charge is 2.28. The van der Waals surface area contributed by atoms with Gasteiger partial charge in [-0.1, -0.05) is 30.3 Å². The van der Waals surface area contributed by atoms with Gasteiger partial charge in [0.05, 0.1) is 6.10 Å². The van der Waals surface area contributed by atoms with Crippen molar-refractivity contribution in [3.8, 4) is 0 Å². The molecule has 2 aromatic rings. The van der Waals surface area contributed by atoms with Gasteiger partial charge in [-0.2, -0.15) is 0 Å². The predicted octanol–water partition coefficient (Wildman–Crippen LogP) is 3.90. The molecule has 1 N–H and O–H groups in total. The van der Waals surface area contributed by atoms with Crippen molar-refractivity contribution in [3.05, 3.63) is 70.5 Å². The van der Waals surface area contributed by atoms with Crippen LogP contribution in [0.5, 0.6) is 0 Å². The van der Waals surface area contributed by atoms with Crippen molar-refractivity contribution < 1.29 is 9.50 Å². The van der Waals surface area contributed by atoms with Crippen LogP contribution >= 0.6 is 0 Å². The molecule has 1 aliphatic carbocycles. The van der Waals surface area contributed by atoms with Crippen LogP contribution in [0, 0.1) is 12.7 Å². The number of hydrogen-bond acceptors (Lipinski definition) is 1. The number of hydrogen-bond donors (Lipinski definition) is 1. The largest absolute Gasteiger partial charge is 0.388 e. The quantitative estimate of drug-likeness (QED) is 0.883. The summed E-state index contributed by atoms with van der Waals surface area (Å²) in [6.07, 6.45) is 1.23. The summed E-state index contributed by atoms with van der Waals surface area (Å²) in [6.45, 7) is 1.84. The Kier molecular flexibility index (Phi) is 3.11. The molecule has 3 rings (SSSR count). The second-order valence-corrected chi connectivity index (χ2v) is 5.35. The van der Waals surface area contributed by atoms with Crippen molar-refractivity contribution in [2.45, 2.75) is 31.8 Å². The lowest BCUT2D eigenvalue weighted by molar-refractivity contribution is 0.153. The van der Waals surface area contributed by atoms with E-state index < -0.39 is 6.10 Å². The number of aryl methyl sites for hydroxylation is 1. The van der Waals surface area contributed by atoms with Gasteiger partial charge in [0.1, 0.15) is 5.82 Å². The van der Waals surface area contributed by atoms with Crippen LogP contribution in [-0.4, -0.2) is 5.11 Å². The van der Waals surface area contributed by atoms with E-state index in [0.717, 1.165) is 17.5 Å². The second kappa shape index (κ2) is 4.78. The minimum absolute atomic E-state index is 0.248.